The fraction of sp³-hybridized carbons (Fsp3) is 0.348. The van der Waals surface area contributed by atoms with Crippen molar-refractivity contribution < 1.29 is 14.3 Å². The number of amides is 2. The molecule has 0 unspecified atom stereocenters. The second-order valence-corrected chi connectivity index (χ2v) is 8.43. The summed E-state index contributed by atoms with van der Waals surface area (Å²) in [6.07, 6.45) is 1.96. The van der Waals surface area contributed by atoms with Gasteiger partial charge in [0, 0.05) is 23.6 Å². The quantitative estimate of drug-likeness (QED) is 0.325. The summed E-state index contributed by atoms with van der Waals surface area (Å²) in [5.74, 6) is 1.43. The Morgan fingerprint density at radius 2 is 1.77 bits per heavy atom. The number of thioether (sulfide) groups is 1. The predicted octanol–water partition coefficient (Wildman–Crippen LogP) is 3.78. The highest BCUT2D eigenvalue weighted by atomic mass is 32.2. The summed E-state index contributed by atoms with van der Waals surface area (Å²) < 4.78 is 5.46. The molecule has 0 spiro atoms. The van der Waals surface area contributed by atoms with E-state index < -0.39 is 0 Å². The SMILES string of the molecule is Cc1ccc(SCCC(=O)N/N=C\c2ccc(OCC(=O)NCC(C)C)cc2)cc1. The van der Waals surface area contributed by atoms with Crippen LogP contribution in [0, 0.1) is 12.8 Å². The number of aryl methyl sites for hydroxylation is 1. The van der Waals surface area contributed by atoms with Gasteiger partial charge in [-0.05, 0) is 54.8 Å². The Bertz CT molecular complexity index is 834. The van der Waals surface area contributed by atoms with Crippen LogP contribution in [0.2, 0.25) is 0 Å². The van der Waals surface area contributed by atoms with Gasteiger partial charge in [0.05, 0.1) is 6.21 Å². The van der Waals surface area contributed by atoms with E-state index in [9.17, 15) is 9.59 Å². The maximum Gasteiger partial charge on any atom is 0.257 e. The van der Waals surface area contributed by atoms with Crippen molar-refractivity contribution >= 4 is 29.8 Å². The summed E-state index contributed by atoms with van der Waals surface area (Å²) in [5, 5.41) is 6.79. The third kappa shape index (κ3) is 9.60. The highest BCUT2D eigenvalue weighted by Gasteiger charge is 2.04. The summed E-state index contributed by atoms with van der Waals surface area (Å²) in [4.78, 5) is 24.7. The van der Waals surface area contributed by atoms with Crippen LogP contribution in [-0.2, 0) is 9.59 Å². The molecule has 0 atom stereocenters. The van der Waals surface area contributed by atoms with E-state index in [1.807, 2.05) is 32.9 Å². The minimum absolute atomic E-state index is 0.0170. The molecule has 0 bridgehead atoms. The molecule has 0 saturated heterocycles. The maximum absolute atomic E-state index is 11.9. The molecule has 0 aliphatic rings. The molecule has 2 rings (SSSR count). The molecule has 0 aliphatic heterocycles. The van der Waals surface area contributed by atoms with Gasteiger partial charge in [0.2, 0.25) is 5.91 Å². The van der Waals surface area contributed by atoms with E-state index in [-0.39, 0.29) is 18.4 Å². The van der Waals surface area contributed by atoms with Crippen molar-refractivity contribution in [3.05, 3.63) is 59.7 Å². The van der Waals surface area contributed by atoms with E-state index in [0.717, 1.165) is 10.5 Å². The number of hydrazone groups is 1. The lowest BCUT2D eigenvalue weighted by Crippen LogP contribution is -2.31. The van der Waals surface area contributed by atoms with Gasteiger partial charge in [-0.15, -0.1) is 11.8 Å². The highest BCUT2D eigenvalue weighted by Crippen LogP contribution is 2.18. The average Bonchev–Trinajstić information content (AvgIpc) is 2.73. The van der Waals surface area contributed by atoms with Crippen LogP contribution in [0.4, 0.5) is 0 Å². The van der Waals surface area contributed by atoms with Gasteiger partial charge >= 0.3 is 0 Å². The summed E-state index contributed by atoms with van der Waals surface area (Å²) in [5.41, 5.74) is 4.58. The van der Waals surface area contributed by atoms with Gasteiger partial charge < -0.3 is 10.1 Å². The Labute approximate surface area is 182 Å². The van der Waals surface area contributed by atoms with Crippen LogP contribution in [0.3, 0.4) is 0 Å². The first kappa shape index (κ1) is 23.5. The van der Waals surface area contributed by atoms with E-state index in [2.05, 4.69) is 40.1 Å². The van der Waals surface area contributed by atoms with E-state index in [0.29, 0.717) is 30.4 Å². The largest absolute Gasteiger partial charge is 0.484 e. The fourth-order valence-electron chi connectivity index (χ4n) is 2.30. The first-order chi connectivity index (χ1) is 14.4. The number of hydrogen-bond donors (Lipinski definition) is 2. The third-order valence-electron chi connectivity index (χ3n) is 3.98. The van der Waals surface area contributed by atoms with Crippen LogP contribution >= 0.6 is 11.8 Å². The molecule has 0 heterocycles. The molecule has 160 valence electrons. The van der Waals surface area contributed by atoms with Gasteiger partial charge in [0.25, 0.3) is 5.91 Å². The van der Waals surface area contributed by atoms with Crippen LogP contribution in [0.1, 0.15) is 31.4 Å². The van der Waals surface area contributed by atoms with E-state index >= 15 is 0 Å². The molecule has 2 aromatic carbocycles. The lowest BCUT2D eigenvalue weighted by molar-refractivity contribution is -0.123. The number of benzene rings is 2. The molecule has 2 N–H and O–H groups in total. The Balaban J connectivity index is 1.66. The lowest BCUT2D eigenvalue weighted by Gasteiger charge is -2.09. The topological polar surface area (TPSA) is 79.8 Å². The van der Waals surface area contributed by atoms with Crippen molar-refractivity contribution in [1.29, 1.82) is 0 Å². The van der Waals surface area contributed by atoms with Gasteiger partial charge in [-0.2, -0.15) is 5.10 Å². The first-order valence-electron chi connectivity index (χ1n) is 9.93. The molecule has 0 saturated carbocycles. The first-order valence-corrected chi connectivity index (χ1v) is 10.9. The Morgan fingerprint density at radius 1 is 1.07 bits per heavy atom. The minimum Gasteiger partial charge on any atom is -0.484 e. The Kier molecular flexibility index (Phi) is 9.94. The number of carbonyl (C=O) groups is 2. The minimum atomic E-state index is -0.141. The molecule has 0 radical (unpaired) electrons. The van der Waals surface area contributed by atoms with Crippen LogP contribution < -0.4 is 15.5 Å². The van der Waals surface area contributed by atoms with Crippen LogP contribution in [0.15, 0.2) is 58.5 Å². The van der Waals surface area contributed by atoms with Crippen molar-refractivity contribution in [3.8, 4) is 5.75 Å². The third-order valence-corrected chi connectivity index (χ3v) is 4.99. The summed E-state index contributed by atoms with van der Waals surface area (Å²) in [7, 11) is 0. The highest BCUT2D eigenvalue weighted by molar-refractivity contribution is 7.99. The van der Waals surface area contributed by atoms with Crippen molar-refractivity contribution in [3.63, 3.8) is 0 Å². The maximum atomic E-state index is 11.9. The monoisotopic (exact) mass is 427 g/mol. The second-order valence-electron chi connectivity index (χ2n) is 7.26. The molecule has 30 heavy (non-hydrogen) atoms. The summed E-state index contributed by atoms with van der Waals surface area (Å²) >= 11 is 1.64. The Hall–Kier alpha value is -2.80. The normalized spacial score (nSPS) is 10.9. The van der Waals surface area contributed by atoms with Crippen LogP contribution in [-0.4, -0.2) is 36.9 Å². The van der Waals surface area contributed by atoms with Crippen molar-refractivity contribution in [2.75, 3.05) is 18.9 Å². The molecule has 6 nitrogen and oxygen atoms in total. The zero-order valence-corrected chi connectivity index (χ0v) is 18.5. The number of carbonyl (C=O) groups excluding carboxylic acids is 2. The second kappa shape index (κ2) is 12.7. The van der Waals surface area contributed by atoms with Gasteiger partial charge in [0.1, 0.15) is 5.75 Å². The van der Waals surface area contributed by atoms with Crippen LogP contribution in [0.25, 0.3) is 0 Å². The number of hydrogen-bond acceptors (Lipinski definition) is 5. The summed E-state index contributed by atoms with van der Waals surface area (Å²) in [6.45, 7) is 6.74. The van der Waals surface area contributed by atoms with Gasteiger partial charge in [-0.1, -0.05) is 31.5 Å². The molecule has 2 amide bonds. The fourth-order valence-corrected chi connectivity index (χ4v) is 3.15. The van der Waals surface area contributed by atoms with Gasteiger partial charge in [-0.3, -0.25) is 9.59 Å². The molecule has 7 heteroatoms. The number of ether oxygens (including phenoxy) is 1. The van der Waals surface area contributed by atoms with E-state index in [1.165, 1.54) is 5.56 Å². The predicted molar refractivity (Wildman–Crippen MR) is 122 cm³/mol. The zero-order valence-electron chi connectivity index (χ0n) is 17.7. The number of nitrogens with zero attached hydrogens (tertiary/aromatic N) is 1. The standard InChI is InChI=1S/C23H29N3O3S/c1-17(2)14-24-23(28)16-29-20-8-6-19(7-9-20)15-25-26-22(27)12-13-30-21-10-4-18(3)5-11-21/h4-11,15,17H,12-14,16H2,1-3H3,(H,24,28)(H,26,27)/b25-15-. The molecule has 0 fully saturated rings. The zero-order chi connectivity index (χ0) is 21.8. The van der Waals surface area contributed by atoms with Crippen molar-refractivity contribution in [2.45, 2.75) is 32.1 Å². The van der Waals surface area contributed by atoms with Gasteiger partial charge in [-0.25, -0.2) is 5.43 Å². The Morgan fingerprint density at radius 3 is 2.43 bits per heavy atom. The summed E-state index contributed by atoms with van der Waals surface area (Å²) in [6, 6.07) is 15.4. The molecule has 2 aromatic rings. The number of rotatable bonds is 11. The molecule has 0 aliphatic carbocycles. The smallest absolute Gasteiger partial charge is 0.257 e. The van der Waals surface area contributed by atoms with Crippen molar-refractivity contribution in [2.24, 2.45) is 11.0 Å². The van der Waals surface area contributed by atoms with Crippen molar-refractivity contribution in [1.82, 2.24) is 10.7 Å². The van der Waals surface area contributed by atoms with Gasteiger partial charge in [0.15, 0.2) is 6.61 Å². The van der Waals surface area contributed by atoms with Crippen LogP contribution in [0.5, 0.6) is 5.75 Å². The molecular weight excluding hydrogens is 398 g/mol. The lowest BCUT2D eigenvalue weighted by atomic mass is 10.2. The average molecular weight is 428 g/mol. The number of nitrogens with one attached hydrogen (secondary N) is 2. The molecule has 0 aromatic heterocycles. The molecular formula is C23H29N3O3S. The van der Waals surface area contributed by atoms with E-state index in [4.69, 9.17) is 4.74 Å². The van der Waals surface area contributed by atoms with E-state index in [1.54, 1.807) is 30.1 Å².